The topological polar surface area (TPSA) is 58.6 Å². The van der Waals surface area contributed by atoms with Crippen molar-refractivity contribution in [3.63, 3.8) is 0 Å². The summed E-state index contributed by atoms with van der Waals surface area (Å²) in [5.41, 5.74) is 2.89. The van der Waals surface area contributed by atoms with Gasteiger partial charge >= 0.3 is 0 Å². The monoisotopic (exact) mass is 440 g/mol. The lowest BCUT2D eigenvalue weighted by Crippen LogP contribution is -2.31. The number of hydrogen-bond acceptors (Lipinski definition) is 5. The van der Waals surface area contributed by atoms with Gasteiger partial charge in [-0.3, -0.25) is 14.5 Å². The Balaban J connectivity index is 1.55. The van der Waals surface area contributed by atoms with Gasteiger partial charge in [-0.05, 0) is 54.8 Å². The van der Waals surface area contributed by atoms with E-state index in [1.807, 2.05) is 25.1 Å². The van der Waals surface area contributed by atoms with Crippen molar-refractivity contribution in [1.29, 1.82) is 0 Å². The van der Waals surface area contributed by atoms with Crippen molar-refractivity contribution < 1.29 is 14.3 Å². The lowest BCUT2D eigenvalue weighted by molar-refractivity contribution is -0.122. The first-order chi connectivity index (χ1) is 14.5. The van der Waals surface area contributed by atoms with Gasteiger partial charge in [-0.1, -0.05) is 55.2 Å². The maximum absolute atomic E-state index is 12.7. The van der Waals surface area contributed by atoms with Crippen LogP contribution < -0.4 is 10.1 Å². The highest BCUT2D eigenvalue weighted by atomic mass is 32.2. The molecule has 2 aromatic rings. The molecular weight excluding hydrogens is 416 g/mol. The van der Waals surface area contributed by atoms with E-state index in [0.717, 1.165) is 17.7 Å². The molecule has 1 heterocycles. The second kappa shape index (κ2) is 10.4. The van der Waals surface area contributed by atoms with Crippen LogP contribution in [0.25, 0.3) is 6.08 Å². The van der Waals surface area contributed by atoms with Crippen LogP contribution in [0.1, 0.15) is 31.4 Å². The quantitative estimate of drug-likeness (QED) is 0.468. The summed E-state index contributed by atoms with van der Waals surface area (Å²) in [5, 5.41) is 2.83. The summed E-state index contributed by atoms with van der Waals surface area (Å²) in [7, 11) is 0. The average molecular weight is 441 g/mol. The van der Waals surface area contributed by atoms with E-state index >= 15 is 0 Å². The Bertz CT molecular complexity index is 953. The Hall–Kier alpha value is -2.64. The molecule has 0 saturated carbocycles. The van der Waals surface area contributed by atoms with E-state index in [-0.39, 0.29) is 24.8 Å². The molecule has 1 aliphatic heterocycles. The zero-order valence-corrected chi connectivity index (χ0v) is 18.6. The molecule has 30 heavy (non-hydrogen) atoms. The van der Waals surface area contributed by atoms with E-state index in [0.29, 0.717) is 21.5 Å². The summed E-state index contributed by atoms with van der Waals surface area (Å²) in [5.74, 6) is 0.426. The predicted molar refractivity (Wildman–Crippen MR) is 127 cm³/mol. The summed E-state index contributed by atoms with van der Waals surface area (Å²) < 4.78 is 5.87. The van der Waals surface area contributed by atoms with E-state index in [1.165, 1.54) is 22.2 Å². The zero-order valence-electron chi connectivity index (χ0n) is 17.0. The first-order valence-electron chi connectivity index (χ1n) is 9.87. The molecule has 0 bridgehead atoms. The molecule has 0 atom stereocenters. The molecule has 0 aliphatic carbocycles. The largest absolute Gasteiger partial charge is 0.494 e. The molecule has 1 N–H and O–H groups in total. The number of thioether (sulfide) groups is 1. The van der Waals surface area contributed by atoms with Crippen LogP contribution in [-0.2, 0) is 16.0 Å². The van der Waals surface area contributed by atoms with Crippen molar-refractivity contribution in [2.45, 2.75) is 26.7 Å². The fourth-order valence-corrected chi connectivity index (χ4v) is 4.24. The zero-order chi connectivity index (χ0) is 21.5. The Morgan fingerprint density at radius 1 is 1.13 bits per heavy atom. The third-order valence-corrected chi connectivity index (χ3v) is 5.95. The van der Waals surface area contributed by atoms with Crippen LogP contribution in [-0.4, -0.2) is 34.2 Å². The van der Waals surface area contributed by atoms with Gasteiger partial charge in [0.1, 0.15) is 10.1 Å². The number of nitrogens with zero attached hydrogens (tertiary/aromatic N) is 1. The highest BCUT2D eigenvalue weighted by Gasteiger charge is 2.32. The Morgan fingerprint density at radius 2 is 1.83 bits per heavy atom. The molecule has 0 spiro atoms. The molecular formula is C23H24N2O3S2. The van der Waals surface area contributed by atoms with Gasteiger partial charge in [-0.25, -0.2) is 0 Å². The summed E-state index contributed by atoms with van der Waals surface area (Å²) in [6, 6.07) is 15.3. The van der Waals surface area contributed by atoms with Crippen LogP contribution in [0.15, 0.2) is 53.4 Å². The number of benzene rings is 2. The lowest BCUT2D eigenvalue weighted by atomic mass is 10.1. The van der Waals surface area contributed by atoms with Crippen molar-refractivity contribution in [2.75, 3.05) is 18.5 Å². The minimum Gasteiger partial charge on any atom is -0.494 e. The van der Waals surface area contributed by atoms with Gasteiger partial charge < -0.3 is 10.1 Å². The highest BCUT2D eigenvalue weighted by Crippen LogP contribution is 2.32. The molecule has 1 fully saturated rings. The molecule has 2 amide bonds. The van der Waals surface area contributed by atoms with Crippen molar-refractivity contribution in [3.05, 3.63) is 64.6 Å². The van der Waals surface area contributed by atoms with Crippen LogP contribution in [0.4, 0.5) is 5.69 Å². The fourth-order valence-electron chi connectivity index (χ4n) is 2.93. The number of anilines is 1. The molecule has 7 heteroatoms. The molecule has 5 nitrogen and oxygen atoms in total. The summed E-state index contributed by atoms with van der Waals surface area (Å²) in [6.07, 6.45) is 2.98. The van der Waals surface area contributed by atoms with Crippen molar-refractivity contribution in [1.82, 2.24) is 4.90 Å². The minimum atomic E-state index is -0.174. The van der Waals surface area contributed by atoms with E-state index < -0.39 is 0 Å². The summed E-state index contributed by atoms with van der Waals surface area (Å²) >= 11 is 6.62. The molecule has 3 rings (SSSR count). The van der Waals surface area contributed by atoms with Gasteiger partial charge in [0.05, 0.1) is 11.5 Å². The molecule has 0 aromatic heterocycles. The number of amides is 2. The normalized spacial score (nSPS) is 15.0. The minimum absolute atomic E-state index is 0.154. The maximum atomic E-state index is 12.7. The molecule has 0 unspecified atom stereocenters. The van der Waals surface area contributed by atoms with Crippen molar-refractivity contribution >= 4 is 51.9 Å². The van der Waals surface area contributed by atoms with Crippen LogP contribution >= 0.6 is 24.0 Å². The molecule has 0 radical (unpaired) electrons. The third-order valence-electron chi connectivity index (χ3n) is 4.57. The highest BCUT2D eigenvalue weighted by molar-refractivity contribution is 8.26. The van der Waals surface area contributed by atoms with E-state index in [1.54, 1.807) is 24.3 Å². The standard InChI is InChI=1S/C23H24N2O3S2/c1-3-16-5-7-17(8-6-16)15-20-22(27)25(23(29)30-20)14-13-21(26)24-18-9-11-19(12-10-18)28-4-2/h5-12,15H,3-4,13-14H2,1-2H3,(H,24,26)/b20-15-. The Morgan fingerprint density at radius 3 is 2.47 bits per heavy atom. The van der Waals surface area contributed by atoms with Crippen LogP contribution in [0.3, 0.4) is 0 Å². The summed E-state index contributed by atoms with van der Waals surface area (Å²) in [6.45, 7) is 4.86. The maximum Gasteiger partial charge on any atom is 0.266 e. The molecule has 156 valence electrons. The Labute approximate surface area is 186 Å². The average Bonchev–Trinajstić information content (AvgIpc) is 3.01. The van der Waals surface area contributed by atoms with E-state index in [9.17, 15) is 9.59 Å². The van der Waals surface area contributed by atoms with Gasteiger partial charge in [-0.15, -0.1) is 0 Å². The first-order valence-corrected chi connectivity index (χ1v) is 11.1. The smallest absolute Gasteiger partial charge is 0.266 e. The van der Waals surface area contributed by atoms with Crippen LogP contribution in [0, 0.1) is 0 Å². The third kappa shape index (κ3) is 5.70. The molecule has 1 saturated heterocycles. The number of aryl methyl sites for hydroxylation is 1. The SMILES string of the molecule is CCOc1ccc(NC(=O)CCN2C(=O)/C(=C/c3ccc(CC)cc3)SC2=S)cc1. The predicted octanol–water partition coefficient (Wildman–Crippen LogP) is 4.88. The van der Waals surface area contributed by atoms with Gasteiger partial charge in [0.25, 0.3) is 5.91 Å². The van der Waals surface area contributed by atoms with Gasteiger partial charge in [-0.2, -0.15) is 0 Å². The number of hydrogen-bond donors (Lipinski definition) is 1. The summed E-state index contributed by atoms with van der Waals surface area (Å²) in [4.78, 5) is 27.1. The number of rotatable bonds is 8. The number of thiocarbonyl (C=S) groups is 1. The van der Waals surface area contributed by atoms with E-state index in [2.05, 4.69) is 24.4 Å². The number of carbonyl (C=O) groups is 2. The second-order valence-corrected chi connectivity index (χ2v) is 8.36. The lowest BCUT2D eigenvalue weighted by Gasteiger charge is -2.14. The van der Waals surface area contributed by atoms with Gasteiger partial charge in [0.2, 0.25) is 5.91 Å². The number of ether oxygens (including phenoxy) is 1. The van der Waals surface area contributed by atoms with Crippen molar-refractivity contribution in [3.8, 4) is 5.75 Å². The second-order valence-electron chi connectivity index (χ2n) is 6.68. The first kappa shape index (κ1) is 22.1. The number of nitrogens with one attached hydrogen (secondary N) is 1. The van der Waals surface area contributed by atoms with Gasteiger partial charge in [0, 0.05) is 18.7 Å². The molecule has 1 aliphatic rings. The molecule has 2 aromatic carbocycles. The van der Waals surface area contributed by atoms with E-state index in [4.69, 9.17) is 17.0 Å². The van der Waals surface area contributed by atoms with Crippen molar-refractivity contribution in [2.24, 2.45) is 0 Å². The fraction of sp³-hybridized carbons (Fsp3) is 0.261. The number of carbonyl (C=O) groups excluding carboxylic acids is 2. The van der Waals surface area contributed by atoms with Crippen LogP contribution in [0.2, 0.25) is 0 Å². The van der Waals surface area contributed by atoms with Gasteiger partial charge in [0.15, 0.2) is 0 Å². The Kier molecular flexibility index (Phi) is 7.65. The van der Waals surface area contributed by atoms with Crippen LogP contribution in [0.5, 0.6) is 5.75 Å².